The molecule has 0 N–H and O–H groups in total. The standard InChI is InChI=1S/C8H12O/c1-6-3-4-8(5-9)7(6)2/h4-7H,3H2,1-2H3/t6-,7-/m1/s1. The maximum atomic E-state index is 10.3. The maximum absolute atomic E-state index is 10.3. The average Bonchev–Trinajstić information content (AvgIpc) is 2.15. The van der Waals surface area contributed by atoms with Crippen LogP contribution in [0.25, 0.3) is 0 Å². The normalized spacial score (nSPS) is 34.2. The molecule has 1 nitrogen and oxygen atoms in total. The van der Waals surface area contributed by atoms with Gasteiger partial charge in [-0.2, -0.15) is 0 Å². The van der Waals surface area contributed by atoms with Crippen LogP contribution in [0.15, 0.2) is 11.6 Å². The Hall–Kier alpha value is -0.590. The highest BCUT2D eigenvalue weighted by Crippen LogP contribution is 2.29. The summed E-state index contributed by atoms with van der Waals surface area (Å²) in [4.78, 5) is 10.3. The van der Waals surface area contributed by atoms with Crippen LogP contribution in [0.4, 0.5) is 0 Å². The monoisotopic (exact) mass is 124 g/mol. The molecule has 0 radical (unpaired) electrons. The van der Waals surface area contributed by atoms with Crippen LogP contribution >= 0.6 is 0 Å². The van der Waals surface area contributed by atoms with E-state index in [1.807, 2.05) is 6.08 Å². The molecule has 0 aromatic heterocycles. The largest absolute Gasteiger partial charge is 0.298 e. The predicted molar refractivity (Wildman–Crippen MR) is 37.1 cm³/mol. The first-order valence-electron chi connectivity index (χ1n) is 3.41. The molecule has 0 aliphatic heterocycles. The zero-order chi connectivity index (χ0) is 6.85. The Labute approximate surface area is 55.8 Å². The van der Waals surface area contributed by atoms with E-state index in [2.05, 4.69) is 13.8 Å². The first-order valence-corrected chi connectivity index (χ1v) is 3.41. The van der Waals surface area contributed by atoms with E-state index in [-0.39, 0.29) is 0 Å². The predicted octanol–water partition coefficient (Wildman–Crippen LogP) is 1.79. The lowest BCUT2D eigenvalue weighted by Crippen LogP contribution is -2.03. The molecule has 9 heavy (non-hydrogen) atoms. The highest BCUT2D eigenvalue weighted by atomic mass is 16.1. The molecule has 0 aromatic carbocycles. The summed E-state index contributed by atoms with van der Waals surface area (Å²) in [6, 6.07) is 0. The summed E-state index contributed by atoms with van der Waals surface area (Å²) in [7, 11) is 0. The van der Waals surface area contributed by atoms with Crippen LogP contribution in [0, 0.1) is 11.8 Å². The van der Waals surface area contributed by atoms with Gasteiger partial charge in [-0.15, -0.1) is 0 Å². The molecule has 0 saturated heterocycles. The maximum Gasteiger partial charge on any atom is 0.145 e. The van der Waals surface area contributed by atoms with Crippen molar-refractivity contribution in [3.05, 3.63) is 11.6 Å². The molecule has 1 aliphatic rings. The smallest absolute Gasteiger partial charge is 0.145 e. The summed E-state index contributed by atoms with van der Waals surface area (Å²) in [5.41, 5.74) is 0.988. The van der Waals surface area contributed by atoms with Gasteiger partial charge < -0.3 is 0 Å². The van der Waals surface area contributed by atoms with E-state index in [1.165, 1.54) is 0 Å². The number of carbonyl (C=O) groups excluding carboxylic acids is 1. The van der Waals surface area contributed by atoms with Crippen molar-refractivity contribution in [2.45, 2.75) is 20.3 Å². The van der Waals surface area contributed by atoms with Gasteiger partial charge in [-0.1, -0.05) is 19.9 Å². The van der Waals surface area contributed by atoms with Crippen molar-refractivity contribution in [2.75, 3.05) is 0 Å². The first kappa shape index (κ1) is 6.53. The lowest BCUT2D eigenvalue weighted by atomic mass is 9.96. The Morgan fingerprint density at radius 2 is 2.33 bits per heavy atom. The fraction of sp³-hybridized carbons (Fsp3) is 0.625. The van der Waals surface area contributed by atoms with Crippen LogP contribution in [0.1, 0.15) is 20.3 Å². The van der Waals surface area contributed by atoms with E-state index in [9.17, 15) is 4.79 Å². The van der Waals surface area contributed by atoms with Gasteiger partial charge in [0.15, 0.2) is 0 Å². The van der Waals surface area contributed by atoms with Gasteiger partial charge in [-0.05, 0) is 23.8 Å². The lowest BCUT2D eigenvalue weighted by molar-refractivity contribution is -0.105. The Morgan fingerprint density at radius 1 is 1.67 bits per heavy atom. The Morgan fingerprint density at radius 3 is 2.56 bits per heavy atom. The number of carbonyl (C=O) groups is 1. The minimum atomic E-state index is 0.488. The van der Waals surface area contributed by atoms with E-state index in [1.54, 1.807) is 0 Å². The van der Waals surface area contributed by atoms with Crippen molar-refractivity contribution in [2.24, 2.45) is 11.8 Å². The summed E-state index contributed by atoms with van der Waals surface area (Å²) in [5.74, 6) is 1.16. The minimum Gasteiger partial charge on any atom is -0.298 e. The van der Waals surface area contributed by atoms with Gasteiger partial charge in [0.1, 0.15) is 6.29 Å². The van der Waals surface area contributed by atoms with Gasteiger partial charge in [0.05, 0.1) is 0 Å². The molecule has 0 heterocycles. The third-order valence-electron chi connectivity index (χ3n) is 2.24. The second-order valence-electron chi connectivity index (χ2n) is 2.82. The molecule has 1 heteroatoms. The molecule has 0 bridgehead atoms. The molecule has 0 spiro atoms. The molecule has 2 atom stereocenters. The molecule has 1 rings (SSSR count). The molecular weight excluding hydrogens is 112 g/mol. The van der Waals surface area contributed by atoms with Crippen molar-refractivity contribution >= 4 is 6.29 Å². The zero-order valence-electron chi connectivity index (χ0n) is 5.92. The Kier molecular flexibility index (Phi) is 1.70. The molecule has 0 saturated carbocycles. The minimum absolute atomic E-state index is 0.488. The number of rotatable bonds is 1. The lowest BCUT2D eigenvalue weighted by Gasteiger charge is -2.08. The zero-order valence-corrected chi connectivity index (χ0v) is 5.92. The fourth-order valence-corrected chi connectivity index (χ4v) is 1.20. The summed E-state index contributed by atoms with van der Waals surface area (Å²) < 4.78 is 0. The molecule has 0 fully saturated rings. The number of hydrogen-bond donors (Lipinski definition) is 0. The van der Waals surface area contributed by atoms with Crippen LogP contribution in [0.5, 0.6) is 0 Å². The van der Waals surface area contributed by atoms with Crippen molar-refractivity contribution in [3.8, 4) is 0 Å². The summed E-state index contributed by atoms with van der Waals surface area (Å²) in [5, 5.41) is 0. The van der Waals surface area contributed by atoms with Crippen molar-refractivity contribution in [1.82, 2.24) is 0 Å². The van der Waals surface area contributed by atoms with Gasteiger partial charge >= 0.3 is 0 Å². The third kappa shape index (κ3) is 1.04. The van der Waals surface area contributed by atoms with Gasteiger partial charge in [-0.25, -0.2) is 0 Å². The van der Waals surface area contributed by atoms with Crippen LogP contribution in [0.2, 0.25) is 0 Å². The highest BCUT2D eigenvalue weighted by molar-refractivity contribution is 5.74. The van der Waals surface area contributed by atoms with E-state index >= 15 is 0 Å². The van der Waals surface area contributed by atoms with E-state index < -0.39 is 0 Å². The fourth-order valence-electron chi connectivity index (χ4n) is 1.20. The molecule has 1 aliphatic carbocycles. The first-order chi connectivity index (χ1) is 4.25. The summed E-state index contributed by atoms with van der Waals surface area (Å²) in [6.45, 7) is 4.29. The van der Waals surface area contributed by atoms with Crippen molar-refractivity contribution in [3.63, 3.8) is 0 Å². The Bertz CT molecular complexity index is 147. The van der Waals surface area contributed by atoms with Crippen LogP contribution in [-0.4, -0.2) is 6.29 Å². The molecule has 0 aromatic rings. The topological polar surface area (TPSA) is 17.1 Å². The van der Waals surface area contributed by atoms with E-state index in [0.29, 0.717) is 11.8 Å². The number of allylic oxidation sites excluding steroid dienone is 2. The van der Waals surface area contributed by atoms with Gasteiger partial charge in [0.2, 0.25) is 0 Å². The van der Waals surface area contributed by atoms with Gasteiger partial charge in [0, 0.05) is 0 Å². The second kappa shape index (κ2) is 2.34. The van der Waals surface area contributed by atoms with Gasteiger partial charge in [-0.3, -0.25) is 4.79 Å². The Balaban J connectivity index is 2.66. The molecule has 50 valence electrons. The van der Waals surface area contributed by atoms with E-state index in [4.69, 9.17) is 0 Å². The highest BCUT2D eigenvalue weighted by Gasteiger charge is 2.20. The van der Waals surface area contributed by atoms with Crippen molar-refractivity contribution in [1.29, 1.82) is 0 Å². The van der Waals surface area contributed by atoms with Crippen LogP contribution in [-0.2, 0) is 4.79 Å². The van der Waals surface area contributed by atoms with Crippen LogP contribution < -0.4 is 0 Å². The average molecular weight is 124 g/mol. The number of hydrogen-bond acceptors (Lipinski definition) is 1. The number of aldehydes is 1. The van der Waals surface area contributed by atoms with Crippen LogP contribution in [0.3, 0.4) is 0 Å². The van der Waals surface area contributed by atoms with Crippen molar-refractivity contribution < 1.29 is 4.79 Å². The SMILES string of the molecule is C[C@@H]1CC=C(C=O)[C@@H]1C. The summed E-state index contributed by atoms with van der Waals surface area (Å²) in [6.07, 6.45) is 4.10. The molecular formula is C8H12O. The second-order valence-corrected chi connectivity index (χ2v) is 2.82. The van der Waals surface area contributed by atoms with Gasteiger partial charge in [0.25, 0.3) is 0 Å². The molecule has 0 amide bonds. The molecule has 0 unspecified atom stereocenters. The summed E-state index contributed by atoms with van der Waals surface area (Å²) >= 11 is 0. The quantitative estimate of drug-likeness (QED) is 0.487. The third-order valence-corrected chi connectivity index (χ3v) is 2.24. The van der Waals surface area contributed by atoms with E-state index in [0.717, 1.165) is 18.3 Å².